The lowest BCUT2D eigenvalue weighted by Crippen LogP contribution is -2.18. The highest BCUT2D eigenvalue weighted by Crippen LogP contribution is 2.24. The Labute approximate surface area is 117 Å². The van der Waals surface area contributed by atoms with Gasteiger partial charge in [0.15, 0.2) is 0 Å². The first-order valence-electron chi connectivity index (χ1n) is 7.07. The van der Waals surface area contributed by atoms with E-state index in [1.807, 2.05) is 20.9 Å². The molecule has 1 unspecified atom stereocenters. The normalized spacial score (nSPS) is 11.4. The molecule has 0 saturated carbocycles. The number of nitrogens with one attached hydrogen (secondary N) is 1. The van der Waals surface area contributed by atoms with Crippen molar-refractivity contribution in [3.05, 3.63) is 71.3 Å². The maximum atomic E-state index is 3.28. The van der Waals surface area contributed by atoms with Crippen LogP contribution >= 0.6 is 0 Å². The van der Waals surface area contributed by atoms with Gasteiger partial charge in [0.25, 0.3) is 0 Å². The summed E-state index contributed by atoms with van der Waals surface area (Å²) in [6.07, 6.45) is 0. The summed E-state index contributed by atoms with van der Waals surface area (Å²) in [6.45, 7) is 7.09. The van der Waals surface area contributed by atoms with E-state index in [0.29, 0.717) is 5.92 Å². The molecule has 0 fully saturated rings. The Morgan fingerprint density at radius 2 is 1.37 bits per heavy atom. The summed E-state index contributed by atoms with van der Waals surface area (Å²) in [7, 11) is 2.00. The molecule has 0 aromatic heterocycles. The monoisotopic (exact) mass is 255 g/mol. The first-order chi connectivity index (χ1) is 9.31. The predicted molar refractivity (Wildman–Crippen MR) is 84.7 cm³/mol. The second kappa shape index (κ2) is 8.49. The molecule has 0 radical (unpaired) electrons. The van der Waals surface area contributed by atoms with Crippen molar-refractivity contribution in [2.75, 3.05) is 13.6 Å². The molecule has 19 heavy (non-hydrogen) atoms. The SMILES string of the molecule is CC.CNCC(c1ccccc1)c1ccc(C)cc1. The van der Waals surface area contributed by atoms with Crippen molar-refractivity contribution in [2.24, 2.45) is 0 Å². The van der Waals surface area contributed by atoms with Gasteiger partial charge in [-0.25, -0.2) is 0 Å². The van der Waals surface area contributed by atoms with Crippen molar-refractivity contribution in [1.29, 1.82) is 0 Å². The Bertz CT molecular complexity index is 445. The van der Waals surface area contributed by atoms with Crippen LogP contribution in [0.2, 0.25) is 0 Å². The minimum atomic E-state index is 0.432. The van der Waals surface area contributed by atoms with Crippen LogP contribution in [0.1, 0.15) is 36.5 Å². The van der Waals surface area contributed by atoms with Gasteiger partial charge in [0.05, 0.1) is 0 Å². The zero-order valence-electron chi connectivity index (χ0n) is 12.5. The molecule has 1 heteroatoms. The maximum absolute atomic E-state index is 3.28. The van der Waals surface area contributed by atoms with Crippen molar-refractivity contribution >= 4 is 0 Å². The van der Waals surface area contributed by atoms with Crippen LogP contribution < -0.4 is 5.32 Å². The van der Waals surface area contributed by atoms with Gasteiger partial charge in [-0.3, -0.25) is 0 Å². The first-order valence-corrected chi connectivity index (χ1v) is 7.07. The molecule has 0 saturated heterocycles. The van der Waals surface area contributed by atoms with E-state index in [9.17, 15) is 0 Å². The fourth-order valence-electron chi connectivity index (χ4n) is 2.12. The summed E-state index contributed by atoms with van der Waals surface area (Å²) in [5, 5.41) is 3.28. The molecular weight excluding hydrogens is 230 g/mol. The summed E-state index contributed by atoms with van der Waals surface area (Å²) in [6, 6.07) is 19.5. The Morgan fingerprint density at radius 1 is 0.842 bits per heavy atom. The average molecular weight is 255 g/mol. The van der Waals surface area contributed by atoms with E-state index in [4.69, 9.17) is 0 Å². The Kier molecular flexibility index (Phi) is 6.91. The van der Waals surface area contributed by atoms with Crippen molar-refractivity contribution in [2.45, 2.75) is 26.7 Å². The van der Waals surface area contributed by atoms with Crippen LogP contribution in [0.15, 0.2) is 54.6 Å². The van der Waals surface area contributed by atoms with Gasteiger partial charge in [-0.15, -0.1) is 0 Å². The molecule has 1 N–H and O–H groups in total. The first kappa shape index (κ1) is 15.5. The fraction of sp³-hybridized carbons (Fsp3) is 0.333. The van der Waals surface area contributed by atoms with Crippen LogP contribution in [0.4, 0.5) is 0 Å². The number of rotatable bonds is 4. The van der Waals surface area contributed by atoms with E-state index < -0.39 is 0 Å². The standard InChI is InChI=1S/C16H19N.C2H6/c1-13-8-10-15(11-9-13)16(12-17-2)14-6-4-3-5-7-14;1-2/h3-11,16-17H,12H2,1-2H3;1-2H3. The second-order valence-corrected chi connectivity index (χ2v) is 4.43. The molecule has 0 aliphatic heterocycles. The average Bonchev–Trinajstić information content (AvgIpc) is 2.49. The Morgan fingerprint density at radius 3 is 1.89 bits per heavy atom. The van der Waals surface area contributed by atoms with E-state index in [2.05, 4.69) is 66.8 Å². The molecule has 0 spiro atoms. The van der Waals surface area contributed by atoms with E-state index in [1.165, 1.54) is 16.7 Å². The summed E-state index contributed by atoms with van der Waals surface area (Å²) in [5.74, 6) is 0.432. The molecule has 1 atom stereocenters. The van der Waals surface area contributed by atoms with Crippen LogP contribution in [0.25, 0.3) is 0 Å². The minimum Gasteiger partial charge on any atom is -0.319 e. The van der Waals surface area contributed by atoms with E-state index >= 15 is 0 Å². The number of aryl methyl sites for hydroxylation is 1. The highest BCUT2D eigenvalue weighted by atomic mass is 14.8. The molecule has 2 aromatic carbocycles. The van der Waals surface area contributed by atoms with Gasteiger partial charge in [-0.1, -0.05) is 74.0 Å². The smallest absolute Gasteiger partial charge is 0.0214 e. The predicted octanol–water partition coefficient (Wildman–Crippen LogP) is 4.37. The third kappa shape index (κ3) is 4.53. The molecule has 2 aromatic rings. The zero-order chi connectivity index (χ0) is 14.1. The minimum absolute atomic E-state index is 0.432. The quantitative estimate of drug-likeness (QED) is 0.855. The molecule has 0 aliphatic carbocycles. The van der Waals surface area contributed by atoms with Crippen LogP contribution in [-0.4, -0.2) is 13.6 Å². The third-order valence-electron chi connectivity index (χ3n) is 3.09. The maximum Gasteiger partial charge on any atom is 0.0214 e. The zero-order valence-corrected chi connectivity index (χ0v) is 12.5. The number of likely N-dealkylation sites (N-methyl/N-ethyl adjacent to an activating group) is 1. The van der Waals surface area contributed by atoms with Crippen LogP contribution in [0.3, 0.4) is 0 Å². The number of hydrogen-bond donors (Lipinski definition) is 1. The van der Waals surface area contributed by atoms with Crippen molar-refractivity contribution in [1.82, 2.24) is 5.32 Å². The molecular formula is C18H25N. The number of benzene rings is 2. The van der Waals surface area contributed by atoms with Crippen LogP contribution in [-0.2, 0) is 0 Å². The van der Waals surface area contributed by atoms with E-state index in [1.54, 1.807) is 0 Å². The van der Waals surface area contributed by atoms with Gasteiger partial charge in [-0.05, 0) is 25.1 Å². The largest absolute Gasteiger partial charge is 0.319 e. The molecule has 2 rings (SSSR count). The number of hydrogen-bond acceptors (Lipinski definition) is 1. The Balaban J connectivity index is 0.000000861. The second-order valence-electron chi connectivity index (χ2n) is 4.43. The van der Waals surface area contributed by atoms with Crippen molar-refractivity contribution < 1.29 is 0 Å². The fourth-order valence-corrected chi connectivity index (χ4v) is 2.12. The van der Waals surface area contributed by atoms with Gasteiger partial charge in [0, 0.05) is 12.5 Å². The lowest BCUT2D eigenvalue weighted by Gasteiger charge is -2.17. The van der Waals surface area contributed by atoms with Gasteiger partial charge >= 0.3 is 0 Å². The van der Waals surface area contributed by atoms with Gasteiger partial charge in [0.1, 0.15) is 0 Å². The van der Waals surface area contributed by atoms with Crippen LogP contribution in [0.5, 0.6) is 0 Å². The van der Waals surface area contributed by atoms with E-state index in [0.717, 1.165) is 6.54 Å². The third-order valence-corrected chi connectivity index (χ3v) is 3.09. The summed E-state index contributed by atoms with van der Waals surface area (Å²) >= 11 is 0. The van der Waals surface area contributed by atoms with E-state index in [-0.39, 0.29) is 0 Å². The summed E-state index contributed by atoms with van der Waals surface area (Å²) < 4.78 is 0. The highest BCUT2D eigenvalue weighted by molar-refractivity contribution is 5.34. The molecule has 1 nitrogen and oxygen atoms in total. The lowest BCUT2D eigenvalue weighted by atomic mass is 9.91. The molecule has 102 valence electrons. The van der Waals surface area contributed by atoms with Crippen LogP contribution in [0, 0.1) is 6.92 Å². The van der Waals surface area contributed by atoms with Crippen molar-refractivity contribution in [3.8, 4) is 0 Å². The van der Waals surface area contributed by atoms with Gasteiger partial charge < -0.3 is 5.32 Å². The topological polar surface area (TPSA) is 12.0 Å². The van der Waals surface area contributed by atoms with Gasteiger partial charge in [-0.2, -0.15) is 0 Å². The lowest BCUT2D eigenvalue weighted by molar-refractivity contribution is 0.708. The highest BCUT2D eigenvalue weighted by Gasteiger charge is 2.12. The Hall–Kier alpha value is -1.60. The molecule has 0 amide bonds. The molecule has 0 heterocycles. The van der Waals surface area contributed by atoms with Crippen molar-refractivity contribution in [3.63, 3.8) is 0 Å². The summed E-state index contributed by atoms with van der Waals surface area (Å²) in [4.78, 5) is 0. The molecule has 0 bridgehead atoms. The summed E-state index contributed by atoms with van der Waals surface area (Å²) in [5.41, 5.74) is 4.05. The molecule has 0 aliphatic rings. The van der Waals surface area contributed by atoms with Gasteiger partial charge in [0.2, 0.25) is 0 Å².